The molecule has 9 nitrogen and oxygen atoms in total. The van der Waals surface area contributed by atoms with Crippen molar-refractivity contribution in [2.75, 3.05) is 10.6 Å². The van der Waals surface area contributed by atoms with Crippen LogP contribution in [0, 0.1) is 17.0 Å². The summed E-state index contributed by atoms with van der Waals surface area (Å²) in [6.45, 7) is 1.81. The van der Waals surface area contributed by atoms with E-state index in [1.807, 2.05) is 19.1 Å². The summed E-state index contributed by atoms with van der Waals surface area (Å²) >= 11 is 6.09. The average Bonchev–Trinajstić information content (AvgIpc) is 3.16. The number of benzene rings is 2. The van der Waals surface area contributed by atoms with Gasteiger partial charge in [-0.05, 0) is 30.7 Å². The molecule has 1 aromatic heterocycles. The van der Waals surface area contributed by atoms with Crippen LogP contribution in [0.3, 0.4) is 0 Å². The third kappa shape index (κ3) is 3.62. The van der Waals surface area contributed by atoms with E-state index in [2.05, 4.69) is 15.7 Å². The monoisotopic (exact) mass is 425 g/mol. The van der Waals surface area contributed by atoms with E-state index in [1.54, 1.807) is 18.2 Å². The van der Waals surface area contributed by atoms with Crippen LogP contribution in [0.15, 0.2) is 48.5 Å². The number of nitrogens with one attached hydrogen (secondary N) is 2. The molecule has 1 unspecified atom stereocenters. The topological polar surface area (TPSA) is 119 Å². The van der Waals surface area contributed by atoms with E-state index in [-0.39, 0.29) is 23.7 Å². The van der Waals surface area contributed by atoms with Gasteiger partial charge in [0.1, 0.15) is 11.9 Å². The molecule has 1 aliphatic rings. The Morgan fingerprint density at radius 3 is 2.80 bits per heavy atom. The number of nitro benzene ring substituents is 1. The second-order valence-electron chi connectivity index (χ2n) is 6.83. The van der Waals surface area contributed by atoms with Crippen LogP contribution in [0.5, 0.6) is 0 Å². The zero-order chi connectivity index (χ0) is 21.4. The van der Waals surface area contributed by atoms with Crippen LogP contribution in [-0.4, -0.2) is 26.5 Å². The Kier molecular flexibility index (Phi) is 4.96. The summed E-state index contributed by atoms with van der Waals surface area (Å²) in [6, 6.07) is 12.0. The Balaban J connectivity index is 1.57. The number of amides is 2. The lowest BCUT2D eigenvalue weighted by molar-refractivity contribution is -0.384. The van der Waals surface area contributed by atoms with Crippen LogP contribution in [0.2, 0.25) is 5.02 Å². The van der Waals surface area contributed by atoms with Gasteiger partial charge in [-0.25, -0.2) is 4.68 Å². The number of non-ortho nitro benzene ring substituents is 1. The molecule has 30 heavy (non-hydrogen) atoms. The lowest BCUT2D eigenvalue weighted by Crippen LogP contribution is -2.23. The van der Waals surface area contributed by atoms with Crippen molar-refractivity contribution >= 4 is 40.6 Å². The Morgan fingerprint density at radius 1 is 1.30 bits per heavy atom. The third-order valence-electron chi connectivity index (χ3n) is 4.76. The molecule has 1 atom stereocenters. The van der Waals surface area contributed by atoms with E-state index in [4.69, 9.17) is 11.6 Å². The number of rotatable bonds is 5. The van der Waals surface area contributed by atoms with Crippen molar-refractivity contribution in [2.45, 2.75) is 19.4 Å². The van der Waals surface area contributed by atoms with Gasteiger partial charge in [-0.3, -0.25) is 19.7 Å². The average molecular weight is 426 g/mol. The lowest BCUT2D eigenvalue weighted by Gasteiger charge is -2.10. The molecule has 0 radical (unpaired) electrons. The first-order valence-electron chi connectivity index (χ1n) is 9.03. The van der Waals surface area contributed by atoms with Crippen molar-refractivity contribution in [1.82, 2.24) is 9.78 Å². The van der Waals surface area contributed by atoms with E-state index >= 15 is 0 Å². The number of carbonyl (C=O) groups excluding carboxylic acids is 2. The van der Waals surface area contributed by atoms with Gasteiger partial charge in [0.2, 0.25) is 5.91 Å². The van der Waals surface area contributed by atoms with E-state index in [0.29, 0.717) is 16.5 Å². The van der Waals surface area contributed by atoms with Gasteiger partial charge in [-0.1, -0.05) is 29.8 Å². The minimum Gasteiger partial charge on any atom is -0.326 e. The molecule has 0 bridgehead atoms. The van der Waals surface area contributed by atoms with Crippen molar-refractivity contribution in [3.8, 4) is 11.1 Å². The van der Waals surface area contributed by atoms with Crippen LogP contribution >= 0.6 is 11.6 Å². The smallest absolute Gasteiger partial charge is 0.271 e. The second-order valence-corrected chi connectivity index (χ2v) is 7.27. The number of hydrogen-bond acceptors (Lipinski definition) is 5. The number of nitro groups is 1. The van der Waals surface area contributed by atoms with Gasteiger partial charge < -0.3 is 10.6 Å². The highest BCUT2D eigenvalue weighted by molar-refractivity contribution is 6.30. The third-order valence-corrected chi connectivity index (χ3v) is 4.99. The van der Waals surface area contributed by atoms with Crippen LogP contribution in [0.1, 0.15) is 18.2 Å². The highest BCUT2D eigenvalue weighted by Gasteiger charge is 2.36. The maximum Gasteiger partial charge on any atom is 0.271 e. The van der Waals surface area contributed by atoms with Crippen LogP contribution < -0.4 is 10.6 Å². The first-order valence-corrected chi connectivity index (χ1v) is 9.41. The highest BCUT2D eigenvalue weighted by atomic mass is 35.5. The molecular weight excluding hydrogens is 410 g/mol. The number of carbonyl (C=O) groups is 2. The van der Waals surface area contributed by atoms with Crippen LogP contribution in [0.4, 0.5) is 17.2 Å². The van der Waals surface area contributed by atoms with Crippen molar-refractivity contribution in [3.63, 3.8) is 0 Å². The summed E-state index contributed by atoms with van der Waals surface area (Å²) in [5, 5.41) is 21.3. The summed E-state index contributed by atoms with van der Waals surface area (Å²) in [6.07, 6.45) is -0.169. The van der Waals surface area contributed by atoms with Gasteiger partial charge >= 0.3 is 0 Å². The summed E-state index contributed by atoms with van der Waals surface area (Å²) in [5.74, 6) is -0.302. The van der Waals surface area contributed by atoms with Gasteiger partial charge in [0.25, 0.3) is 11.6 Å². The minimum absolute atomic E-state index is 0.137. The molecule has 0 fully saturated rings. The number of fused-ring (bicyclic) bond motifs is 1. The summed E-state index contributed by atoms with van der Waals surface area (Å²) in [5.41, 5.74) is 2.39. The Labute approximate surface area is 175 Å². The normalized spacial score (nSPS) is 14.9. The minimum atomic E-state index is -0.828. The second kappa shape index (κ2) is 7.60. The van der Waals surface area contributed by atoms with Gasteiger partial charge in [0.05, 0.1) is 17.0 Å². The number of anilines is 2. The molecule has 0 aliphatic carbocycles. The summed E-state index contributed by atoms with van der Waals surface area (Å²) < 4.78 is 1.50. The largest absolute Gasteiger partial charge is 0.326 e. The first kappa shape index (κ1) is 19.6. The molecular formula is C20H16ClN5O4. The molecule has 3 aromatic rings. The van der Waals surface area contributed by atoms with Gasteiger partial charge in [-0.2, -0.15) is 5.10 Å². The van der Waals surface area contributed by atoms with E-state index in [9.17, 15) is 19.7 Å². The first-order chi connectivity index (χ1) is 14.3. The van der Waals surface area contributed by atoms with Crippen LogP contribution in [-0.2, 0) is 9.59 Å². The molecule has 10 heteroatoms. The molecule has 2 aromatic carbocycles. The number of hydrogen-bond donors (Lipinski definition) is 2. The van der Waals surface area contributed by atoms with E-state index in [0.717, 1.165) is 11.1 Å². The fourth-order valence-corrected chi connectivity index (χ4v) is 3.65. The predicted octanol–water partition coefficient (Wildman–Crippen LogP) is 3.94. The number of aromatic nitrogens is 2. The maximum absolute atomic E-state index is 12.5. The quantitative estimate of drug-likeness (QED) is 0.474. The molecule has 4 rings (SSSR count). The van der Waals surface area contributed by atoms with Crippen molar-refractivity contribution < 1.29 is 14.5 Å². The SMILES string of the molecule is Cc1nn2c(c1-c1cccc(Cl)c1)NC(=O)C2CC(=O)Nc1cccc([N+](=O)[O-])c1. The number of nitrogens with zero attached hydrogens (tertiary/aromatic N) is 3. The van der Waals surface area contributed by atoms with Gasteiger partial charge in [0, 0.05) is 28.4 Å². The maximum atomic E-state index is 12.5. The molecule has 2 amide bonds. The molecule has 2 N–H and O–H groups in total. The van der Waals surface area contributed by atoms with Gasteiger partial charge in [-0.15, -0.1) is 0 Å². The lowest BCUT2D eigenvalue weighted by atomic mass is 10.1. The molecule has 1 aliphatic heterocycles. The molecule has 2 heterocycles. The Bertz CT molecular complexity index is 1190. The fourth-order valence-electron chi connectivity index (χ4n) is 3.46. The van der Waals surface area contributed by atoms with E-state index < -0.39 is 16.9 Å². The zero-order valence-electron chi connectivity index (χ0n) is 15.8. The van der Waals surface area contributed by atoms with Crippen molar-refractivity contribution in [1.29, 1.82) is 0 Å². The Hall–Kier alpha value is -3.72. The van der Waals surface area contributed by atoms with Crippen LogP contribution in [0.25, 0.3) is 11.1 Å². The van der Waals surface area contributed by atoms with E-state index in [1.165, 1.54) is 22.9 Å². The summed E-state index contributed by atoms with van der Waals surface area (Å²) in [4.78, 5) is 35.4. The predicted molar refractivity (Wildman–Crippen MR) is 111 cm³/mol. The zero-order valence-corrected chi connectivity index (χ0v) is 16.5. The highest BCUT2D eigenvalue weighted by Crippen LogP contribution is 2.38. The molecule has 0 saturated heterocycles. The summed E-state index contributed by atoms with van der Waals surface area (Å²) in [7, 11) is 0. The Morgan fingerprint density at radius 2 is 2.07 bits per heavy atom. The van der Waals surface area contributed by atoms with Crippen molar-refractivity contribution in [2.24, 2.45) is 0 Å². The molecule has 0 spiro atoms. The standard InChI is InChI=1S/C20H16ClN5O4/c1-11-18(12-4-2-5-13(21)8-12)19-23-20(28)16(25(19)24-11)10-17(27)22-14-6-3-7-15(9-14)26(29)30/h2-9,16H,10H2,1H3,(H,22,27)(H,23,28). The fraction of sp³-hybridized carbons (Fsp3) is 0.150. The number of halogens is 1. The molecule has 152 valence electrons. The number of aryl methyl sites for hydroxylation is 1. The van der Waals surface area contributed by atoms with Crippen molar-refractivity contribution in [3.05, 3.63) is 69.4 Å². The van der Waals surface area contributed by atoms with Gasteiger partial charge in [0.15, 0.2) is 0 Å². The molecule has 0 saturated carbocycles.